The summed E-state index contributed by atoms with van der Waals surface area (Å²) in [5, 5.41) is 11.9. The third kappa shape index (κ3) is 8.48. The number of hydrogen-bond acceptors (Lipinski definition) is 5. The van der Waals surface area contributed by atoms with Crippen LogP contribution in [0.4, 0.5) is 0 Å². The van der Waals surface area contributed by atoms with Gasteiger partial charge in [-0.3, -0.25) is 0 Å². The molecule has 0 spiro atoms. The number of hydrogen-bond donors (Lipinski definition) is 1. The maximum atomic E-state index is 11.9. The summed E-state index contributed by atoms with van der Waals surface area (Å²) >= 11 is 0. The topological polar surface area (TPSA) is 57.2 Å². The van der Waals surface area contributed by atoms with Crippen molar-refractivity contribution in [1.82, 2.24) is 0 Å². The van der Waals surface area contributed by atoms with Crippen molar-refractivity contribution in [3.8, 4) is 23.0 Å². The molecule has 0 heterocycles. The average molecular weight is 499 g/mol. The molecule has 200 valence electrons. The van der Waals surface area contributed by atoms with Crippen LogP contribution in [0.2, 0.25) is 0 Å². The zero-order chi connectivity index (χ0) is 27.7. The summed E-state index contributed by atoms with van der Waals surface area (Å²) in [4.78, 5) is 0. The van der Waals surface area contributed by atoms with Gasteiger partial charge in [0.05, 0.1) is 0 Å². The lowest BCUT2D eigenvalue weighted by Crippen LogP contribution is -2.29. The van der Waals surface area contributed by atoms with Crippen molar-refractivity contribution in [3.63, 3.8) is 0 Å². The van der Waals surface area contributed by atoms with Crippen molar-refractivity contribution in [1.29, 1.82) is 0 Å². The quantitative estimate of drug-likeness (QED) is 0.394. The van der Waals surface area contributed by atoms with Crippen LogP contribution in [0.25, 0.3) is 0 Å². The summed E-state index contributed by atoms with van der Waals surface area (Å²) in [5.41, 5.74) is -2.04. The number of ether oxygens (including phenoxy) is 4. The third-order valence-corrected chi connectivity index (χ3v) is 4.73. The van der Waals surface area contributed by atoms with Gasteiger partial charge in [-0.1, -0.05) is 24.8 Å². The summed E-state index contributed by atoms with van der Waals surface area (Å²) in [6.07, 6.45) is 1.52. The van der Waals surface area contributed by atoms with E-state index in [-0.39, 0.29) is 0 Å². The lowest BCUT2D eigenvalue weighted by atomic mass is 9.86. The molecule has 0 aromatic heterocycles. The number of rotatable bonds is 7. The number of benzene rings is 2. The molecule has 0 unspecified atom stereocenters. The standard InChI is InChI=1S/C31H46O5/c1-14-31(32,21-15-17-23(33-27(2,3)4)25(19-21)35-29(8,9)10)22-16-18-24(34-28(5,6)7)26(20-22)36-30(11,12)13/h14-20,32H,1H2,2-13H3. The Labute approximate surface area is 218 Å². The minimum atomic E-state index is -1.51. The molecule has 5 heteroatoms. The molecule has 0 aliphatic rings. The summed E-state index contributed by atoms with van der Waals surface area (Å²) in [5.74, 6) is 2.32. The normalized spacial score (nSPS) is 13.2. The minimum Gasteiger partial charge on any atom is -0.484 e. The van der Waals surface area contributed by atoms with Gasteiger partial charge in [0.1, 0.15) is 28.0 Å². The average Bonchev–Trinajstić information content (AvgIpc) is 2.65. The summed E-state index contributed by atoms with van der Waals surface area (Å²) < 4.78 is 24.8. The molecule has 0 aliphatic heterocycles. The molecule has 0 fully saturated rings. The van der Waals surface area contributed by atoms with Gasteiger partial charge in [-0.25, -0.2) is 0 Å². The van der Waals surface area contributed by atoms with Gasteiger partial charge < -0.3 is 24.1 Å². The molecule has 0 atom stereocenters. The van der Waals surface area contributed by atoms with E-state index < -0.39 is 28.0 Å². The lowest BCUT2D eigenvalue weighted by molar-refractivity contribution is 0.0921. The predicted molar refractivity (Wildman–Crippen MR) is 148 cm³/mol. The van der Waals surface area contributed by atoms with Gasteiger partial charge in [0.25, 0.3) is 0 Å². The molecule has 5 nitrogen and oxygen atoms in total. The SMILES string of the molecule is C=CC(O)(c1ccc(OC(C)(C)C)c(OC(C)(C)C)c1)c1ccc(OC(C)(C)C)c(OC(C)(C)C)c1. The molecule has 0 radical (unpaired) electrons. The molecule has 0 aliphatic carbocycles. The van der Waals surface area contributed by atoms with Crippen LogP contribution in [0.15, 0.2) is 49.1 Å². The lowest BCUT2D eigenvalue weighted by Gasteiger charge is -2.32. The van der Waals surface area contributed by atoms with E-state index in [2.05, 4.69) is 6.58 Å². The Hall–Kier alpha value is -2.66. The Kier molecular flexibility index (Phi) is 8.22. The molecule has 36 heavy (non-hydrogen) atoms. The molecule has 0 saturated heterocycles. The van der Waals surface area contributed by atoms with Gasteiger partial charge in [-0.15, -0.1) is 0 Å². The van der Waals surface area contributed by atoms with Gasteiger partial charge in [-0.05, 0) is 118 Å². The van der Waals surface area contributed by atoms with E-state index in [0.717, 1.165) is 0 Å². The van der Waals surface area contributed by atoms with Crippen molar-refractivity contribution in [2.45, 2.75) is 111 Å². The van der Waals surface area contributed by atoms with E-state index in [1.807, 2.05) is 119 Å². The second-order valence-electron chi connectivity index (χ2n) is 13.2. The highest BCUT2D eigenvalue weighted by atomic mass is 16.5. The van der Waals surface area contributed by atoms with E-state index in [4.69, 9.17) is 18.9 Å². The third-order valence-electron chi connectivity index (χ3n) is 4.73. The molecule has 2 aromatic carbocycles. The highest BCUT2D eigenvalue weighted by Crippen LogP contribution is 2.42. The maximum Gasteiger partial charge on any atom is 0.162 e. The minimum absolute atomic E-state index is 0.408. The summed E-state index contributed by atoms with van der Waals surface area (Å²) in [7, 11) is 0. The fourth-order valence-corrected chi connectivity index (χ4v) is 3.54. The molecule has 0 bridgehead atoms. The molecule has 1 N–H and O–H groups in total. The van der Waals surface area contributed by atoms with Crippen molar-refractivity contribution in [3.05, 3.63) is 60.2 Å². The van der Waals surface area contributed by atoms with Crippen LogP contribution >= 0.6 is 0 Å². The Morgan fingerprint density at radius 2 is 0.806 bits per heavy atom. The molecule has 2 aromatic rings. The van der Waals surface area contributed by atoms with Gasteiger partial charge in [-0.2, -0.15) is 0 Å². The monoisotopic (exact) mass is 498 g/mol. The summed E-state index contributed by atoms with van der Waals surface area (Å²) in [6, 6.07) is 11.0. The van der Waals surface area contributed by atoms with Crippen molar-refractivity contribution in [2.24, 2.45) is 0 Å². The van der Waals surface area contributed by atoms with E-state index in [1.165, 1.54) is 6.08 Å². The molecule has 0 amide bonds. The smallest absolute Gasteiger partial charge is 0.162 e. The zero-order valence-corrected chi connectivity index (χ0v) is 24.3. The second kappa shape index (κ2) is 10.0. The second-order valence-corrected chi connectivity index (χ2v) is 13.2. The van der Waals surface area contributed by atoms with Crippen LogP contribution in [0, 0.1) is 0 Å². The van der Waals surface area contributed by atoms with Gasteiger partial charge in [0.2, 0.25) is 0 Å². The Morgan fingerprint density at radius 3 is 1.06 bits per heavy atom. The highest BCUT2D eigenvalue weighted by Gasteiger charge is 2.32. The van der Waals surface area contributed by atoms with E-state index in [1.54, 1.807) is 0 Å². The van der Waals surface area contributed by atoms with Crippen molar-refractivity contribution >= 4 is 0 Å². The first kappa shape index (κ1) is 29.6. The van der Waals surface area contributed by atoms with Crippen molar-refractivity contribution in [2.75, 3.05) is 0 Å². The van der Waals surface area contributed by atoms with Crippen molar-refractivity contribution < 1.29 is 24.1 Å². The maximum absolute atomic E-state index is 11.9. The Balaban J connectivity index is 2.67. The predicted octanol–water partition coefficient (Wildman–Crippen LogP) is 7.82. The number of aliphatic hydroxyl groups is 1. The molecular weight excluding hydrogens is 452 g/mol. The van der Waals surface area contributed by atoms with Crippen LogP contribution in [0.1, 0.15) is 94.2 Å². The van der Waals surface area contributed by atoms with Crippen LogP contribution in [0.3, 0.4) is 0 Å². The fourth-order valence-electron chi connectivity index (χ4n) is 3.54. The van der Waals surface area contributed by atoms with Crippen LogP contribution < -0.4 is 18.9 Å². The molecule has 0 saturated carbocycles. The first-order chi connectivity index (χ1) is 16.1. The van der Waals surface area contributed by atoms with Crippen LogP contribution in [-0.4, -0.2) is 27.5 Å². The Bertz CT molecular complexity index is 977. The summed E-state index contributed by atoms with van der Waals surface area (Å²) in [6.45, 7) is 27.7. The fraction of sp³-hybridized carbons (Fsp3) is 0.548. The van der Waals surface area contributed by atoms with Gasteiger partial charge in [0.15, 0.2) is 23.0 Å². The first-order valence-electron chi connectivity index (χ1n) is 12.5. The first-order valence-corrected chi connectivity index (χ1v) is 12.5. The molecule has 2 rings (SSSR count). The van der Waals surface area contributed by atoms with Gasteiger partial charge >= 0.3 is 0 Å². The Morgan fingerprint density at radius 1 is 0.528 bits per heavy atom. The van der Waals surface area contributed by atoms with E-state index in [9.17, 15) is 5.11 Å². The van der Waals surface area contributed by atoms with E-state index >= 15 is 0 Å². The van der Waals surface area contributed by atoms with E-state index in [0.29, 0.717) is 34.1 Å². The highest BCUT2D eigenvalue weighted by molar-refractivity contribution is 5.53. The van der Waals surface area contributed by atoms with Crippen LogP contribution in [0.5, 0.6) is 23.0 Å². The zero-order valence-electron chi connectivity index (χ0n) is 24.3. The van der Waals surface area contributed by atoms with Gasteiger partial charge in [0, 0.05) is 0 Å². The largest absolute Gasteiger partial charge is 0.484 e. The molecular formula is C31H46O5. The van der Waals surface area contributed by atoms with Crippen LogP contribution in [-0.2, 0) is 5.60 Å².